The molecule has 0 aliphatic rings. The lowest BCUT2D eigenvalue weighted by Crippen LogP contribution is -2.29. The van der Waals surface area contributed by atoms with Crippen LogP contribution in [0.15, 0.2) is 84.2 Å². The van der Waals surface area contributed by atoms with E-state index < -0.39 is 23.1 Å². The van der Waals surface area contributed by atoms with E-state index in [1.807, 2.05) is 0 Å². The summed E-state index contributed by atoms with van der Waals surface area (Å²) in [5, 5.41) is 3.25. The molecule has 0 saturated heterocycles. The molecule has 0 bridgehead atoms. The Morgan fingerprint density at radius 2 is 1.82 bits per heavy atom. The van der Waals surface area contributed by atoms with E-state index in [1.165, 1.54) is 59.6 Å². The largest absolute Gasteiger partial charge is 0.453 e. The molecule has 0 radical (unpaired) electrons. The van der Waals surface area contributed by atoms with E-state index in [4.69, 9.17) is 4.74 Å². The molecule has 0 atom stereocenters. The predicted molar refractivity (Wildman–Crippen MR) is 137 cm³/mol. The lowest BCUT2D eigenvalue weighted by Gasteiger charge is -2.13. The zero-order valence-corrected chi connectivity index (χ0v) is 19.8. The number of aromatic nitrogens is 5. The minimum Gasteiger partial charge on any atom is -0.453 e. The first-order chi connectivity index (χ1) is 18.4. The molecule has 4 heterocycles. The summed E-state index contributed by atoms with van der Waals surface area (Å²) < 4.78 is 37.1. The van der Waals surface area contributed by atoms with Gasteiger partial charge < -0.3 is 19.6 Å². The fourth-order valence-electron chi connectivity index (χ4n) is 4.23. The quantitative estimate of drug-likeness (QED) is 0.341. The first-order valence-electron chi connectivity index (χ1n) is 11.4. The fourth-order valence-corrected chi connectivity index (χ4v) is 4.23. The van der Waals surface area contributed by atoms with Gasteiger partial charge in [-0.15, -0.1) is 0 Å². The van der Waals surface area contributed by atoms with Crippen LogP contribution in [0.3, 0.4) is 0 Å². The van der Waals surface area contributed by atoms with Crippen LogP contribution < -0.4 is 15.6 Å². The number of rotatable bonds is 5. The SMILES string of the molecule is Cn1cnc2cc(C(=O)Nc3ccc(Oc4ccnc5[nH]ccc45)c(F)c3)c(=O)n(-c3ccc(F)cc3)c21. The molecule has 0 fully saturated rings. The summed E-state index contributed by atoms with van der Waals surface area (Å²) >= 11 is 0. The number of aryl methyl sites for hydroxylation is 1. The second-order valence-corrected chi connectivity index (χ2v) is 8.49. The van der Waals surface area contributed by atoms with E-state index in [-0.39, 0.29) is 17.0 Å². The molecule has 0 unspecified atom stereocenters. The van der Waals surface area contributed by atoms with Crippen molar-refractivity contribution >= 4 is 33.8 Å². The fraction of sp³-hybridized carbons (Fsp3) is 0.0370. The molecular weight excluding hydrogens is 494 g/mol. The maximum Gasteiger partial charge on any atom is 0.269 e. The molecule has 38 heavy (non-hydrogen) atoms. The number of aromatic amines is 1. The van der Waals surface area contributed by atoms with Crippen molar-refractivity contribution in [1.29, 1.82) is 0 Å². The summed E-state index contributed by atoms with van der Waals surface area (Å²) in [5.74, 6) is -1.57. The van der Waals surface area contributed by atoms with Crippen molar-refractivity contribution in [3.8, 4) is 17.2 Å². The Labute approximate surface area is 213 Å². The van der Waals surface area contributed by atoms with Crippen molar-refractivity contribution < 1.29 is 18.3 Å². The molecule has 0 spiro atoms. The highest BCUT2D eigenvalue weighted by molar-refractivity contribution is 6.05. The number of fused-ring (bicyclic) bond motifs is 2. The van der Waals surface area contributed by atoms with Gasteiger partial charge in [0.15, 0.2) is 11.6 Å². The van der Waals surface area contributed by atoms with Gasteiger partial charge in [-0.2, -0.15) is 0 Å². The van der Waals surface area contributed by atoms with Crippen LogP contribution in [0.1, 0.15) is 10.4 Å². The second kappa shape index (κ2) is 8.96. The third-order valence-electron chi connectivity index (χ3n) is 6.02. The van der Waals surface area contributed by atoms with Crippen molar-refractivity contribution in [2.24, 2.45) is 7.05 Å². The topological polar surface area (TPSA) is 107 Å². The number of anilines is 1. The summed E-state index contributed by atoms with van der Waals surface area (Å²) in [6.07, 6.45) is 4.74. The van der Waals surface area contributed by atoms with Gasteiger partial charge in [-0.25, -0.2) is 18.7 Å². The Balaban J connectivity index is 1.32. The number of halogens is 2. The van der Waals surface area contributed by atoms with Crippen molar-refractivity contribution in [3.05, 3.63) is 107 Å². The third-order valence-corrected chi connectivity index (χ3v) is 6.02. The van der Waals surface area contributed by atoms with Gasteiger partial charge in [-0.3, -0.25) is 14.2 Å². The average Bonchev–Trinajstić information content (AvgIpc) is 3.53. The van der Waals surface area contributed by atoms with Crippen LogP contribution in [0, 0.1) is 11.6 Å². The summed E-state index contributed by atoms with van der Waals surface area (Å²) in [4.78, 5) is 38.0. The van der Waals surface area contributed by atoms with Crippen LogP contribution in [0.5, 0.6) is 11.5 Å². The maximum atomic E-state index is 14.9. The number of hydrogen-bond donors (Lipinski definition) is 2. The summed E-state index contributed by atoms with van der Waals surface area (Å²) in [6.45, 7) is 0. The van der Waals surface area contributed by atoms with Gasteiger partial charge in [0.1, 0.15) is 33.9 Å². The zero-order chi connectivity index (χ0) is 26.4. The molecule has 6 rings (SSSR count). The standard InChI is InChI=1S/C27H18F2N6O3/c1-34-14-32-21-13-19(27(37)35(26(21)34)17-5-2-15(28)3-6-17)25(36)33-16-4-7-23(20(29)12-16)38-22-9-11-31-24-18(22)8-10-30-24/h2-14H,1H3,(H,30,31)(H,33,36). The van der Waals surface area contributed by atoms with Gasteiger partial charge in [-0.1, -0.05) is 0 Å². The lowest BCUT2D eigenvalue weighted by molar-refractivity contribution is 0.102. The summed E-state index contributed by atoms with van der Waals surface area (Å²) in [5.41, 5.74) is 1.04. The molecule has 11 heteroatoms. The molecule has 0 aliphatic heterocycles. The van der Waals surface area contributed by atoms with Crippen molar-refractivity contribution in [3.63, 3.8) is 0 Å². The van der Waals surface area contributed by atoms with Gasteiger partial charge in [0, 0.05) is 31.2 Å². The smallest absolute Gasteiger partial charge is 0.269 e. The first kappa shape index (κ1) is 23.1. The molecule has 2 aromatic carbocycles. The van der Waals surface area contributed by atoms with Gasteiger partial charge in [0.05, 0.1) is 17.4 Å². The van der Waals surface area contributed by atoms with E-state index in [0.29, 0.717) is 33.6 Å². The van der Waals surface area contributed by atoms with E-state index in [9.17, 15) is 18.4 Å². The molecule has 4 aromatic heterocycles. The predicted octanol–water partition coefficient (Wildman–Crippen LogP) is 4.92. The van der Waals surface area contributed by atoms with E-state index in [0.717, 1.165) is 6.07 Å². The third kappa shape index (κ3) is 3.95. The molecular formula is C27H18F2N6O3. The number of benzene rings is 2. The van der Waals surface area contributed by atoms with Gasteiger partial charge >= 0.3 is 0 Å². The van der Waals surface area contributed by atoms with E-state index in [1.54, 1.807) is 29.9 Å². The van der Waals surface area contributed by atoms with Crippen molar-refractivity contribution in [2.75, 3.05) is 5.32 Å². The number of pyridine rings is 2. The molecule has 0 aliphatic carbocycles. The number of nitrogens with one attached hydrogen (secondary N) is 2. The molecule has 6 aromatic rings. The number of imidazole rings is 1. The van der Waals surface area contributed by atoms with E-state index >= 15 is 0 Å². The number of amides is 1. The minimum absolute atomic E-state index is 0.0507. The minimum atomic E-state index is -0.755. The maximum absolute atomic E-state index is 14.9. The van der Waals surface area contributed by atoms with Crippen molar-refractivity contribution in [2.45, 2.75) is 0 Å². The Hall–Kier alpha value is -5.32. The normalized spacial score (nSPS) is 11.2. The van der Waals surface area contributed by atoms with Gasteiger partial charge in [0.2, 0.25) is 0 Å². The van der Waals surface area contributed by atoms with Crippen LogP contribution >= 0.6 is 0 Å². The summed E-state index contributed by atoms with van der Waals surface area (Å²) in [6, 6.07) is 14.0. The monoisotopic (exact) mass is 512 g/mol. The number of carbonyl (C=O) groups is 1. The van der Waals surface area contributed by atoms with Gasteiger partial charge in [0.25, 0.3) is 11.5 Å². The second-order valence-electron chi connectivity index (χ2n) is 8.49. The number of ether oxygens (including phenoxy) is 1. The number of H-pyrrole nitrogens is 1. The Bertz CT molecular complexity index is 1910. The van der Waals surface area contributed by atoms with Gasteiger partial charge in [-0.05, 0) is 54.6 Å². The molecule has 1 amide bonds. The molecule has 0 saturated carbocycles. The lowest BCUT2D eigenvalue weighted by atomic mass is 10.2. The van der Waals surface area contributed by atoms with Crippen LogP contribution in [0.2, 0.25) is 0 Å². The average molecular weight is 512 g/mol. The zero-order valence-electron chi connectivity index (χ0n) is 19.8. The molecule has 2 N–H and O–H groups in total. The highest BCUT2D eigenvalue weighted by atomic mass is 19.1. The van der Waals surface area contributed by atoms with E-state index in [2.05, 4.69) is 20.3 Å². The Morgan fingerprint density at radius 1 is 1.00 bits per heavy atom. The molecule has 9 nitrogen and oxygen atoms in total. The Morgan fingerprint density at radius 3 is 2.61 bits per heavy atom. The van der Waals surface area contributed by atoms with Crippen LogP contribution in [0.4, 0.5) is 14.5 Å². The highest BCUT2D eigenvalue weighted by Crippen LogP contribution is 2.31. The number of carbonyl (C=O) groups excluding carboxylic acids is 1. The number of nitrogens with zero attached hydrogens (tertiary/aromatic N) is 4. The highest BCUT2D eigenvalue weighted by Gasteiger charge is 2.20. The summed E-state index contributed by atoms with van der Waals surface area (Å²) in [7, 11) is 1.70. The van der Waals surface area contributed by atoms with Crippen LogP contribution in [0.25, 0.3) is 27.9 Å². The number of hydrogen-bond acceptors (Lipinski definition) is 5. The molecule has 188 valence electrons. The Kier molecular flexibility index (Phi) is 5.45. The van der Waals surface area contributed by atoms with Crippen molar-refractivity contribution in [1.82, 2.24) is 24.1 Å². The van der Waals surface area contributed by atoms with Crippen LogP contribution in [-0.4, -0.2) is 30.0 Å². The first-order valence-corrected chi connectivity index (χ1v) is 11.4. The van der Waals surface area contributed by atoms with Crippen LogP contribution in [-0.2, 0) is 7.05 Å².